The quantitative estimate of drug-likeness (QED) is 0.376. The monoisotopic (exact) mass is 369 g/mol. The van der Waals surface area contributed by atoms with Crippen LogP contribution in [0.5, 0.6) is 5.75 Å². The van der Waals surface area contributed by atoms with Gasteiger partial charge in [-0.2, -0.15) is 8.78 Å². The number of nitrogens with one attached hydrogen (secondary N) is 3. The highest BCUT2D eigenvalue weighted by Crippen LogP contribution is 2.26. The fraction of sp³-hybridized carbons (Fsp3) is 0.0667. The number of para-hydroxylation sites is 1. The van der Waals surface area contributed by atoms with E-state index < -0.39 is 11.7 Å². The second-order valence-electron chi connectivity index (χ2n) is 4.45. The van der Waals surface area contributed by atoms with Gasteiger partial charge < -0.3 is 10.4 Å². The molecular formula is C15H13F2N3O2S2. The summed E-state index contributed by atoms with van der Waals surface area (Å²) in [7, 11) is 0. The molecule has 0 aliphatic heterocycles. The third-order valence-corrected chi connectivity index (χ3v) is 3.70. The minimum Gasteiger partial charge on any atom is -0.507 e. The molecule has 0 aliphatic carbocycles. The summed E-state index contributed by atoms with van der Waals surface area (Å²) < 4.78 is 24.5. The first-order valence-electron chi connectivity index (χ1n) is 6.66. The molecule has 1 amide bonds. The number of hydrogen-bond donors (Lipinski definition) is 4. The number of aromatic hydroxyl groups is 1. The van der Waals surface area contributed by atoms with Gasteiger partial charge in [-0.25, -0.2) is 0 Å². The van der Waals surface area contributed by atoms with Crippen molar-refractivity contribution in [1.29, 1.82) is 0 Å². The summed E-state index contributed by atoms with van der Waals surface area (Å²) in [6, 6.07) is 12.3. The van der Waals surface area contributed by atoms with Gasteiger partial charge in [0.25, 0.3) is 11.7 Å². The number of hydrazine groups is 1. The molecule has 2 rings (SSSR count). The van der Waals surface area contributed by atoms with E-state index in [2.05, 4.69) is 16.2 Å². The van der Waals surface area contributed by atoms with E-state index in [0.29, 0.717) is 22.3 Å². The number of amides is 1. The van der Waals surface area contributed by atoms with Gasteiger partial charge in [-0.1, -0.05) is 23.9 Å². The first-order valence-corrected chi connectivity index (χ1v) is 7.94. The maximum absolute atomic E-state index is 12.2. The van der Waals surface area contributed by atoms with E-state index >= 15 is 0 Å². The summed E-state index contributed by atoms with van der Waals surface area (Å²) in [5.74, 6) is -3.18. The molecule has 0 saturated carbocycles. The Hall–Kier alpha value is -2.39. The number of alkyl halides is 2. The highest BCUT2D eigenvalue weighted by Gasteiger charge is 2.10. The number of rotatable bonds is 4. The Morgan fingerprint density at radius 2 is 1.75 bits per heavy atom. The van der Waals surface area contributed by atoms with Crippen LogP contribution in [0.15, 0.2) is 53.4 Å². The van der Waals surface area contributed by atoms with Crippen molar-refractivity contribution in [3.05, 3.63) is 54.1 Å². The molecular weight excluding hydrogens is 356 g/mol. The molecule has 0 fully saturated rings. The summed E-state index contributed by atoms with van der Waals surface area (Å²) in [6.07, 6.45) is 0. The van der Waals surface area contributed by atoms with E-state index in [0.717, 1.165) is 0 Å². The number of carbonyl (C=O) groups is 1. The molecule has 0 radical (unpaired) electrons. The Bertz CT molecular complexity index is 727. The summed E-state index contributed by atoms with van der Waals surface area (Å²) in [5.41, 5.74) is 5.50. The van der Waals surface area contributed by atoms with E-state index in [1.807, 2.05) is 0 Å². The van der Waals surface area contributed by atoms with Gasteiger partial charge in [-0.15, -0.1) is 0 Å². The van der Waals surface area contributed by atoms with E-state index in [4.69, 9.17) is 12.2 Å². The fourth-order valence-electron chi connectivity index (χ4n) is 1.73. The second-order valence-corrected chi connectivity index (χ2v) is 5.92. The maximum atomic E-state index is 12.2. The van der Waals surface area contributed by atoms with Crippen LogP contribution in [-0.2, 0) is 0 Å². The van der Waals surface area contributed by atoms with Crippen molar-refractivity contribution in [3.8, 4) is 5.75 Å². The molecule has 0 atom stereocenters. The minimum absolute atomic E-state index is 0.0983. The molecule has 0 unspecified atom stereocenters. The second kappa shape index (κ2) is 8.46. The van der Waals surface area contributed by atoms with Gasteiger partial charge in [0.1, 0.15) is 5.75 Å². The lowest BCUT2D eigenvalue weighted by Gasteiger charge is -2.12. The number of hydrogen-bond acceptors (Lipinski definition) is 4. The molecule has 0 bridgehead atoms. The van der Waals surface area contributed by atoms with Crippen LogP contribution in [0.2, 0.25) is 0 Å². The van der Waals surface area contributed by atoms with Crippen molar-refractivity contribution in [1.82, 2.24) is 10.9 Å². The number of thioether (sulfide) groups is 1. The zero-order valence-electron chi connectivity index (χ0n) is 12.1. The van der Waals surface area contributed by atoms with Crippen LogP contribution in [0.25, 0.3) is 0 Å². The smallest absolute Gasteiger partial charge is 0.288 e. The molecule has 24 heavy (non-hydrogen) atoms. The van der Waals surface area contributed by atoms with Gasteiger partial charge in [0, 0.05) is 10.6 Å². The largest absolute Gasteiger partial charge is 0.507 e. The molecule has 2 aromatic rings. The van der Waals surface area contributed by atoms with Crippen LogP contribution in [0.3, 0.4) is 0 Å². The zero-order chi connectivity index (χ0) is 17.5. The Kier molecular flexibility index (Phi) is 6.33. The normalized spacial score (nSPS) is 10.3. The SMILES string of the molecule is O=C(NNC(=S)Nc1ccc(SC(F)F)cc1)c1ccccc1O. The van der Waals surface area contributed by atoms with E-state index in [1.54, 1.807) is 24.3 Å². The number of thiocarbonyl (C=S) groups is 1. The van der Waals surface area contributed by atoms with E-state index in [9.17, 15) is 18.7 Å². The third kappa shape index (κ3) is 5.36. The van der Waals surface area contributed by atoms with Gasteiger partial charge in [-0.3, -0.25) is 15.6 Å². The Morgan fingerprint density at radius 3 is 2.38 bits per heavy atom. The fourth-order valence-corrected chi connectivity index (χ4v) is 2.40. The Labute approximate surface area is 146 Å². The predicted octanol–water partition coefficient (Wildman–Crippen LogP) is 3.34. The number of phenols is 1. The first kappa shape index (κ1) is 18.0. The molecule has 0 spiro atoms. The molecule has 5 nitrogen and oxygen atoms in total. The molecule has 0 saturated heterocycles. The van der Waals surface area contributed by atoms with Crippen molar-refractivity contribution < 1.29 is 18.7 Å². The number of phenolic OH excluding ortho intramolecular Hbond substituents is 1. The zero-order valence-corrected chi connectivity index (χ0v) is 13.8. The molecule has 0 aliphatic rings. The predicted molar refractivity (Wildman–Crippen MR) is 93.2 cm³/mol. The van der Waals surface area contributed by atoms with Gasteiger partial charge in [0.15, 0.2) is 5.11 Å². The van der Waals surface area contributed by atoms with Crippen molar-refractivity contribution in [2.75, 3.05) is 5.32 Å². The first-order chi connectivity index (χ1) is 11.5. The number of benzene rings is 2. The standard InChI is InChI=1S/C15H13F2N3O2S2/c16-14(17)24-10-7-5-9(6-8-10)18-15(23)20-19-13(22)11-3-1-2-4-12(11)21/h1-8,14,21H,(H,19,22)(H2,18,20,23). The Balaban J connectivity index is 1.85. The molecule has 2 aromatic carbocycles. The van der Waals surface area contributed by atoms with Crippen LogP contribution in [-0.4, -0.2) is 21.9 Å². The molecule has 0 aromatic heterocycles. The third-order valence-electron chi connectivity index (χ3n) is 2.78. The summed E-state index contributed by atoms with van der Waals surface area (Å²) in [4.78, 5) is 12.3. The lowest BCUT2D eigenvalue weighted by Crippen LogP contribution is -2.43. The van der Waals surface area contributed by atoms with Gasteiger partial charge in [0.2, 0.25) is 0 Å². The van der Waals surface area contributed by atoms with Crippen LogP contribution in [0.1, 0.15) is 10.4 Å². The number of halogens is 2. The van der Waals surface area contributed by atoms with Crippen LogP contribution < -0.4 is 16.2 Å². The molecule has 9 heteroatoms. The van der Waals surface area contributed by atoms with Gasteiger partial charge in [-0.05, 0) is 48.6 Å². The lowest BCUT2D eigenvalue weighted by atomic mass is 10.2. The highest BCUT2D eigenvalue weighted by atomic mass is 32.2. The van der Waals surface area contributed by atoms with E-state index in [-0.39, 0.29) is 16.4 Å². The van der Waals surface area contributed by atoms with Crippen LogP contribution in [0.4, 0.5) is 14.5 Å². The van der Waals surface area contributed by atoms with Gasteiger partial charge in [0.05, 0.1) is 5.56 Å². The van der Waals surface area contributed by atoms with Crippen molar-refractivity contribution in [2.45, 2.75) is 10.7 Å². The highest BCUT2D eigenvalue weighted by molar-refractivity contribution is 7.99. The van der Waals surface area contributed by atoms with E-state index in [1.165, 1.54) is 24.3 Å². The average molecular weight is 369 g/mol. The minimum atomic E-state index is -2.48. The van der Waals surface area contributed by atoms with Crippen LogP contribution in [0, 0.1) is 0 Å². The average Bonchev–Trinajstić information content (AvgIpc) is 2.54. The summed E-state index contributed by atoms with van der Waals surface area (Å²) in [6.45, 7) is 0. The topological polar surface area (TPSA) is 73.4 Å². The van der Waals surface area contributed by atoms with Gasteiger partial charge >= 0.3 is 0 Å². The number of anilines is 1. The van der Waals surface area contributed by atoms with Crippen molar-refractivity contribution in [2.24, 2.45) is 0 Å². The summed E-state index contributed by atoms with van der Waals surface area (Å²) >= 11 is 5.46. The van der Waals surface area contributed by atoms with Crippen molar-refractivity contribution >= 4 is 40.7 Å². The molecule has 126 valence electrons. The maximum Gasteiger partial charge on any atom is 0.288 e. The van der Waals surface area contributed by atoms with Crippen LogP contribution >= 0.6 is 24.0 Å². The molecule has 0 heterocycles. The molecule has 4 N–H and O–H groups in total. The summed E-state index contributed by atoms with van der Waals surface area (Å²) in [5, 5.41) is 12.5. The Morgan fingerprint density at radius 1 is 1.08 bits per heavy atom. The van der Waals surface area contributed by atoms with Crippen molar-refractivity contribution in [3.63, 3.8) is 0 Å². The number of carbonyl (C=O) groups excluding carboxylic acids is 1. The lowest BCUT2D eigenvalue weighted by molar-refractivity contribution is 0.0941.